The highest BCUT2D eigenvalue weighted by Gasteiger charge is 2.37. The van der Waals surface area contributed by atoms with E-state index in [1.54, 1.807) is 19.1 Å². The summed E-state index contributed by atoms with van der Waals surface area (Å²) in [7, 11) is 0. The van der Waals surface area contributed by atoms with Gasteiger partial charge in [0.25, 0.3) is 0 Å². The first kappa shape index (κ1) is 9.90. The van der Waals surface area contributed by atoms with E-state index >= 15 is 0 Å². The average molecular weight is 217 g/mol. The van der Waals surface area contributed by atoms with Crippen molar-refractivity contribution in [1.82, 2.24) is 0 Å². The molecule has 1 heterocycles. The van der Waals surface area contributed by atoms with Gasteiger partial charge in [-0.25, -0.2) is 4.39 Å². The number of rotatable bonds is 1. The summed E-state index contributed by atoms with van der Waals surface area (Å²) in [5.74, 6) is -1.44. The fourth-order valence-electron chi connectivity index (χ4n) is 1.59. The van der Waals surface area contributed by atoms with Gasteiger partial charge in [0.1, 0.15) is 5.82 Å². The minimum Gasteiger partial charge on any atom is -0.344 e. The zero-order valence-electron chi connectivity index (χ0n) is 7.72. The van der Waals surface area contributed by atoms with Crippen LogP contribution in [0.3, 0.4) is 0 Å². The van der Waals surface area contributed by atoms with E-state index < -0.39 is 11.6 Å². The van der Waals surface area contributed by atoms with Gasteiger partial charge in [-0.05, 0) is 19.1 Å². The molecule has 0 unspecified atom stereocenters. The van der Waals surface area contributed by atoms with Crippen molar-refractivity contribution >= 4 is 11.6 Å². The molecule has 1 aliphatic rings. The third kappa shape index (κ3) is 1.52. The molecule has 76 valence electrons. The van der Waals surface area contributed by atoms with E-state index in [4.69, 9.17) is 21.1 Å². The Morgan fingerprint density at radius 1 is 1.36 bits per heavy atom. The van der Waals surface area contributed by atoms with Gasteiger partial charge in [-0.3, -0.25) is 0 Å². The molecule has 1 aliphatic heterocycles. The molecule has 0 spiro atoms. The molecule has 1 fully saturated rings. The lowest BCUT2D eigenvalue weighted by Gasteiger charge is -2.24. The molecule has 2 nitrogen and oxygen atoms in total. The molecule has 1 saturated heterocycles. The number of hydrogen-bond donors (Lipinski definition) is 0. The van der Waals surface area contributed by atoms with Crippen LogP contribution >= 0.6 is 11.6 Å². The van der Waals surface area contributed by atoms with Crippen molar-refractivity contribution in [1.29, 1.82) is 0 Å². The van der Waals surface area contributed by atoms with Crippen LogP contribution in [0, 0.1) is 5.82 Å². The Balaban J connectivity index is 2.49. The molecule has 0 saturated carbocycles. The molecule has 0 N–H and O–H groups in total. The van der Waals surface area contributed by atoms with Gasteiger partial charge in [-0.2, -0.15) is 0 Å². The first-order valence-electron chi connectivity index (χ1n) is 4.36. The topological polar surface area (TPSA) is 18.5 Å². The lowest BCUT2D eigenvalue weighted by Crippen LogP contribution is -2.24. The predicted molar refractivity (Wildman–Crippen MR) is 50.7 cm³/mol. The largest absolute Gasteiger partial charge is 0.344 e. The normalized spacial score (nSPS) is 19.9. The molecule has 0 amide bonds. The highest BCUT2D eigenvalue weighted by atomic mass is 35.5. The zero-order valence-corrected chi connectivity index (χ0v) is 8.47. The van der Waals surface area contributed by atoms with Gasteiger partial charge in [-0.15, -0.1) is 0 Å². The highest BCUT2D eigenvalue weighted by Crippen LogP contribution is 2.36. The predicted octanol–water partition coefficient (Wildman–Crippen LogP) is 2.70. The molecule has 0 bridgehead atoms. The molecule has 1 aromatic rings. The van der Waals surface area contributed by atoms with E-state index in [0.717, 1.165) is 0 Å². The fraction of sp³-hybridized carbons (Fsp3) is 0.400. The quantitative estimate of drug-likeness (QED) is 0.719. The Hall–Kier alpha value is -0.640. The van der Waals surface area contributed by atoms with Crippen molar-refractivity contribution in [3.8, 4) is 0 Å². The Kier molecular flexibility index (Phi) is 2.47. The van der Waals surface area contributed by atoms with Crippen LogP contribution in [-0.2, 0) is 15.3 Å². The van der Waals surface area contributed by atoms with Gasteiger partial charge in [0.05, 0.1) is 23.8 Å². The van der Waals surface area contributed by atoms with Crippen molar-refractivity contribution in [3.63, 3.8) is 0 Å². The van der Waals surface area contributed by atoms with E-state index in [1.165, 1.54) is 6.07 Å². The van der Waals surface area contributed by atoms with Crippen LogP contribution in [-0.4, -0.2) is 13.2 Å². The van der Waals surface area contributed by atoms with Gasteiger partial charge in [-0.1, -0.05) is 17.7 Å². The summed E-state index contributed by atoms with van der Waals surface area (Å²) >= 11 is 5.90. The zero-order chi connectivity index (χ0) is 10.2. The molecule has 14 heavy (non-hydrogen) atoms. The molecule has 0 aromatic heterocycles. The van der Waals surface area contributed by atoms with Crippen LogP contribution in [0.1, 0.15) is 12.5 Å². The van der Waals surface area contributed by atoms with Crippen LogP contribution in [0.4, 0.5) is 4.39 Å². The molecule has 1 aromatic carbocycles. The minimum atomic E-state index is -1.04. The van der Waals surface area contributed by atoms with Crippen molar-refractivity contribution < 1.29 is 13.9 Å². The van der Waals surface area contributed by atoms with Crippen LogP contribution in [0.15, 0.2) is 18.2 Å². The molecular weight excluding hydrogens is 207 g/mol. The number of hydrogen-bond acceptors (Lipinski definition) is 2. The summed E-state index contributed by atoms with van der Waals surface area (Å²) in [6.45, 7) is 2.59. The third-order valence-corrected chi connectivity index (χ3v) is 2.57. The average Bonchev–Trinajstić information content (AvgIpc) is 2.52. The van der Waals surface area contributed by atoms with Gasteiger partial charge in [0, 0.05) is 0 Å². The van der Waals surface area contributed by atoms with Crippen molar-refractivity contribution in [3.05, 3.63) is 34.6 Å². The first-order valence-corrected chi connectivity index (χ1v) is 4.74. The smallest absolute Gasteiger partial charge is 0.196 e. The van der Waals surface area contributed by atoms with Gasteiger partial charge >= 0.3 is 0 Å². The molecule has 4 heteroatoms. The van der Waals surface area contributed by atoms with Gasteiger partial charge in [0.2, 0.25) is 0 Å². The van der Waals surface area contributed by atoms with Crippen LogP contribution < -0.4 is 0 Å². The number of halogens is 2. The maximum Gasteiger partial charge on any atom is 0.196 e. The monoisotopic (exact) mass is 216 g/mol. The van der Waals surface area contributed by atoms with E-state index in [2.05, 4.69) is 0 Å². The number of ether oxygens (including phenoxy) is 2. The molecular formula is C10H10ClFO2. The summed E-state index contributed by atoms with van der Waals surface area (Å²) in [6.07, 6.45) is 0. The Bertz CT molecular complexity index is 328. The Morgan fingerprint density at radius 3 is 2.57 bits per heavy atom. The maximum absolute atomic E-state index is 13.5. The second kappa shape index (κ2) is 3.50. The first-order chi connectivity index (χ1) is 6.63. The molecule has 2 rings (SSSR count). The standard InChI is InChI=1S/C10H10ClFO2/c1-10(13-5-6-14-10)9-7(11)3-2-4-8(9)12/h2-4H,5-6H2,1H3. The van der Waals surface area contributed by atoms with Gasteiger partial charge < -0.3 is 9.47 Å². The lowest BCUT2D eigenvalue weighted by atomic mass is 10.1. The molecule has 0 radical (unpaired) electrons. The SMILES string of the molecule is CC1(c2c(F)cccc2Cl)OCCO1. The molecule has 0 atom stereocenters. The van der Waals surface area contributed by atoms with Crippen LogP contribution in [0.5, 0.6) is 0 Å². The van der Waals surface area contributed by atoms with Gasteiger partial charge in [0.15, 0.2) is 5.79 Å². The third-order valence-electron chi connectivity index (χ3n) is 2.26. The molecule has 0 aliphatic carbocycles. The van der Waals surface area contributed by atoms with E-state index in [0.29, 0.717) is 18.2 Å². The lowest BCUT2D eigenvalue weighted by molar-refractivity contribution is -0.151. The summed E-state index contributed by atoms with van der Waals surface area (Å²) in [5, 5.41) is 0.328. The summed E-state index contributed by atoms with van der Waals surface area (Å²) < 4.78 is 24.2. The minimum absolute atomic E-state index is 0.277. The summed E-state index contributed by atoms with van der Waals surface area (Å²) in [5.41, 5.74) is 0.277. The highest BCUT2D eigenvalue weighted by molar-refractivity contribution is 6.31. The maximum atomic E-state index is 13.5. The van der Waals surface area contributed by atoms with Crippen LogP contribution in [0.2, 0.25) is 5.02 Å². The Morgan fingerprint density at radius 2 is 2.00 bits per heavy atom. The van der Waals surface area contributed by atoms with Crippen molar-refractivity contribution in [2.75, 3.05) is 13.2 Å². The fourth-order valence-corrected chi connectivity index (χ4v) is 1.93. The van der Waals surface area contributed by atoms with E-state index in [-0.39, 0.29) is 5.56 Å². The van der Waals surface area contributed by atoms with Crippen molar-refractivity contribution in [2.24, 2.45) is 0 Å². The number of benzene rings is 1. The summed E-state index contributed by atoms with van der Waals surface area (Å²) in [6, 6.07) is 4.52. The van der Waals surface area contributed by atoms with E-state index in [9.17, 15) is 4.39 Å². The van der Waals surface area contributed by atoms with Crippen molar-refractivity contribution in [2.45, 2.75) is 12.7 Å². The second-order valence-electron chi connectivity index (χ2n) is 3.24. The summed E-state index contributed by atoms with van der Waals surface area (Å²) in [4.78, 5) is 0. The van der Waals surface area contributed by atoms with Crippen LogP contribution in [0.25, 0.3) is 0 Å². The Labute approximate surface area is 86.6 Å². The second-order valence-corrected chi connectivity index (χ2v) is 3.65. The van der Waals surface area contributed by atoms with E-state index in [1.807, 2.05) is 0 Å².